The van der Waals surface area contributed by atoms with E-state index in [4.69, 9.17) is 0 Å². The summed E-state index contributed by atoms with van der Waals surface area (Å²) in [6, 6.07) is 9.64. The number of H-pyrrole nitrogens is 1. The van der Waals surface area contributed by atoms with Crippen LogP contribution >= 0.6 is 0 Å². The first-order valence-corrected chi connectivity index (χ1v) is 5.05. The van der Waals surface area contributed by atoms with E-state index in [0.717, 1.165) is 16.9 Å². The molecule has 16 heavy (non-hydrogen) atoms. The Kier molecular flexibility index (Phi) is 2.72. The monoisotopic (exact) mass is 215 g/mol. The smallest absolute Gasteiger partial charge is 0.345 e. The summed E-state index contributed by atoms with van der Waals surface area (Å²) in [5.41, 5.74) is 3.12. The zero-order valence-corrected chi connectivity index (χ0v) is 9.24. The van der Waals surface area contributed by atoms with Gasteiger partial charge in [-0.1, -0.05) is 12.1 Å². The van der Waals surface area contributed by atoms with Gasteiger partial charge in [0.1, 0.15) is 0 Å². The minimum absolute atomic E-state index is 0.315. The van der Waals surface area contributed by atoms with Crippen LogP contribution in [-0.4, -0.2) is 17.0 Å². The first-order chi connectivity index (χ1) is 7.69. The normalized spacial score (nSPS) is 10.1. The molecule has 4 heteroatoms. The van der Waals surface area contributed by atoms with Gasteiger partial charge in [-0.3, -0.25) is 0 Å². The van der Waals surface area contributed by atoms with Crippen LogP contribution in [0.15, 0.2) is 35.1 Å². The number of hydrogen-bond donors (Lipinski definition) is 2. The molecular weight excluding hydrogens is 202 g/mol. The van der Waals surface area contributed by atoms with Gasteiger partial charge in [-0.15, -0.1) is 0 Å². The lowest BCUT2D eigenvalue weighted by Crippen LogP contribution is -2.11. The summed E-state index contributed by atoms with van der Waals surface area (Å²) in [6.07, 6.45) is 0. The summed E-state index contributed by atoms with van der Waals surface area (Å²) >= 11 is 0. The SMILES string of the molecule is CNc1cccc(-c2cc(C)[nH]c(=O)n2)c1. The first kappa shape index (κ1) is 10.4. The van der Waals surface area contributed by atoms with Crippen LogP contribution in [0.4, 0.5) is 5.69 Å². The van der Waals surface area contributed by atoms with E-state index in [-0.39, 0.29) is 5.69 Å². The highest BCUT2D eigenvalue weighted by atomic mass is 16.1. The van der Waals surface area contributed by atoms with Crippen molar-refractivity contribution in [3.8, 4) is 11.3 Å². The Bertz CT molecular complexity index is 560. The highest BCUT2D eigenvalue weighted by Gasteiger charge is 2.02. The van der Waals surface area contributed by atoms with Gasteiger partial charge in [-0.2, -0.15) is 4.98 Å². The molecule has 0 aliphatic heterocycles. The van der Waals surface area contributed by atoms with E-state index in [0.29, 0.717) is 5.69 Å². The number of aromatic amines is 1. The van der Waals surface area contributed by atoms with Gasteiger partial charge in [0, 0.05) is 24.0 Å². The molecule has 1 aromatic heterocycles. The second kappa shape index (κ2) is 4.18. The van der Waals surface area contributed by atoms with Crippen LogP contribution in [0.2, 0.25) is 0 Å². The highest BCUT2D eigenvalue weighted by molar-refractivity contribution is 5.64. The standard InChI is InChI=1S/C12H13N3O/c1-8-6-11(15-12(16)14-8)9-4-3-5-10(7-9)13-2/h3-7,13H,1-2H3,(H,14,15,16). The summed E-state index contributed by atoms with van der Waals surface area (Å²) in [4.78, 5) is 17.8. The molecule has 0 saturated heterocycles. The molecule has 4 nitrogen and oxygen atoms in total. The number of anilines is 1. The summed E-state index contributed by atoms with van der Waals surface area (Å²) < 4.78 is 0. The Balaban J connectivity index is 2.53. The van der Waals surface area contributed by atoms with Crippen molar-refractivity contribution >= 4 is 5.69 Å². The molecule has 0 unspecified atom stereocenters. The van der Waals surface area contributed by atoms with Gasteiger partial charge in [0.25, 0.3) is 0 Å². The lowest BCUT2D eigenvalue weighted by atomic mass is 10.1. The zero-order valence-electron chi connectivity index (χ0n) is 9.24. The molecule has 0 amide bonds. The van der Waals surface area contributed by atoms with Gasteiger partial charge in [-0.05, 0) is 25.1 Å². The van der Waals surface area contributed by atoms with E-state index in [9.17, 15) is 4.79 Å². The van der Waals surface area contributed by atoms with Crippen LogP contribution in [0.1, 0.15) is 5.69 Å². The van der Waals surface area contributed by atoms with Crippen LogP contribution < -0.4 is 11.0 Å². The number of benzene rings is 1. The Morgan fingerprint density at radius 3 is 2.81 bits per heavy atom. The molecule has 2 N–H and O–H groups in total. The lowest BCUT2D eigenvalue weighted by molar-refractivity contribution is 1.03. The van der Waals surface area contributed by atoms with Gasteiger partial charge in [0.05, 0.1) is 5.69 Å². The van der Waals surface area contributed by atoms with E-state index in [2.05, 4.69) is 15.3 Å². The molecule has 2 rings (SSSR count). The molecule has 0 fully saturated rings. The Morgan fingerprint density at radius 2 is 2.12 bits per heavy atom. The summed E-state index contributed by atoms with van der Waals surface area (Å²) in [7, 11) is 1.86. The van der Waals surface area contributed by atoms with E-state index < -0.39 is 0 Å². The van der Waals surface area contributed by atoms with Crippen LogP contribution in [0.3, 0.4) is 0 Å². The zero-order chi connectivity index (χ0) is 11.5. The fourth-order valence-electron chi connectivity index (χ4n) is 1.56. The molecular formula is C12H13N3O. The predicted octanol–water partition coefficient (Wildman–Crippen LogP) is 1.79. The number of hydrogen-bond acceptors (Lipinski definition) is 3. The average molecular weight is 215 g/mol. The van der Waals surface area contributed by atoms with Crippen molar-refractivity contribution in [2.45, 2.75) is 6.92 Å². The van der Waals surface area contributed by atoms with E-state index in [1.807, 2.05) is 44.3 Å². The van der Waals surface area contributed by atoms with Crippen molar-refractivity contribution in [3.63, 3.8) is 0 Å². The first-order valence-electron chi connectivity index (χ1n) is 5.05. The second-order valence-corrected chi connectivity index (χ2v) is 3.59. The Labute approximate surface area is 93.4 Å². The maximum atomic E-state index is 11.3. The van der Waals surface area contributed by atoms with Crippen LogP contribution in [0.5, 0.6) is 0 Å². The quantitative estimate of drug-likeness (QED) is 0.803. The molecule has 82 valence electrons. The third-order valence-electron chi connectivity index (χ3n) is 2.33. The third-order valence-corrected chi connectivity index (χ3v) is 2.33. The predicted molar refractivity (Wildman–Crippen MR) is 64.6 cm³/mol. The van der Waals surface area contributed by atoms with E-state index in [1.165, 1.54) is 0 Å². The molecule has 0 aliphatic rings. The topological polar surface area (TPSA) is 57.8 Å². The summed E-state index contributed by atoms with van der Waals surface area (Å²) in [5, 5.41) is 3.05. The molecule has 0 aliphatic carbocycles. The molecule has 0 bridgehead atoms. The van der Waals surface area contributed by atoms with Gasteiger partial charge in [0.15, 0.2) is 0 Å². The van der Waals surface area contributed by atoms with Crippen molar-refractivity contribution in [3.05, 3.63) is 46.5 Å². The molecule has 2 aromatic rings. The van der Waals surface area contributed by atoms with Gasteiger partial charge in [-0.25, -0.2) is 4.79 Å². The lowest BCUT2D eigenvalue weighted by Gasteiger charge is -2.04. The highest BCUT2D eigenvalue weighted by Crippen LogP contribution is 2.19. The minimum atomic E-state index is -0.315. The van der Waals surface area contributed by atoms with Crippen molar-refractivity contribution < 1.29 is 0 Å². The number of nitrogens with one attached hydrogen (secondary N) is 2. The summed E-state index contributed by atoms with van der Waals surface area (Å²) in [5.74, 6) is 0. The largest absolute Gasteiger partial charge is 0.388 e. The molecule has 0 spiro atoms. The fraction of sp³-hybridized carbons (Fsp3) is 0.167. The maximum Gasteiger partial charge on any atom is 0.345 e. The van der Waals surface area contributed by atoms with Gasteiger partial charge < -0.3 is 10.3 Å². The van der Waals surface area contributed by atoms with Gasteiger partial charge in [0.2, 0.25) is 0 Å². The number of aryl methyl sites for hydroxylation is 1. The van der Waals surface area contributed by atoms with Crippen molar-refractivity contribution in [1.29, 1.82) is 0 Å². The van der Waals surface area contributed by atoms with Crippen molar-refractivity contribution in [1.82, 2.24) is 9.97 Å². The molecule has 0 atom stereocenters. The van der Waals surface area contributed by atoms with Crippen LogP contribution in [-0.2, 0) is 0 Å². The molecule has 0 saturated carbocycles. The summed E-state index contributed by atoms with van der Waals surface area (Å²) in [6.45, 7) is 1.84. The second-order valence-electron chi connectivity index (χ2n) is 3.59. The minimum Gasteiger partial charge on any atom is -0.388 e. The average Bonchev–Trinajstić information content (AvgIpc) is 2.28. The number of rotatable bonds is 2. The number of aromatic nitrogens is 2. The van der Waals surface area contributed by atoms with E-state index in [1.54, 1.807) is 0 Å². The maximum absolute atomic E-state index is 11.3. The van der Waals surface area contributed by atoms with Crippen LogP contribution in [0.25, 0.3) is 11.3 Å². The molecule has 1 heterocycles. The van der Waals surface area contributed by atoms with Crippen LogP contribution in [0, 0.1) is 6.92 Å². The fourth-order valence-corrected chi connectivity index (χ4v) is 1.56. The third kappa shape index (κ3) is 2.11. The Hall–Kier alpha value is -2.10. The molecule has 0 radical (unpaired) electrons. The Morgan fingerprint density at radius 1 is 1.31 bits per heavy atom. The molecule has 1 aromatic carbocycles. The van der Waals surface area contributed by atoms with E-state index >= 15 is 0 Å². The van der Waals surface area contributed by atoms with Crippen molar-refractivity contribution in [2.75, 3.05) is 12.4 Å². The number of nitrogens with zero attached hydrogens (tertiary/aromatic N) is 1. The van der Waals surface area contributed by atoms with Crippen molar-refractivity contribution in [2.24, 2.45) is 0 Å². The van der Waals surface area contributed by atoms with Gasteiger partial charge >= 0.3 is 5.69 Å².